The van der Waals surface area contributed by atoms with Gasteiger partial charge in [-0.05, 0) is 42.7 Å². The van der Waals surface area contributed by atoms with Crippen molar-refractivity contribution < 1.29 is 24.1 Å². The van der Waals surface area contributed by atoms with Crippen molar-refractivity contribution in [1.82, 2.24) is 9.55 Å². The van der Waals surface area contributed by atoms with E-state index in [-0.39, 0.29) is 20.0 Å². The van der Waals surface area contributed by atoms with Gasteiger partial charge in [0.1, 0.15) is 24.8 Å². The third kappa shape index (κ3) is 6.32. The van der Waals surface area contributed by atoms with E-state index < -0.39 is 6.09 Å². The van der Waals surface area contributed by atoms with Crippen LogP contribution < -0.4 is 9.64 Å². The molecule has 0 spiro atoms. The molecule has 32 heavy (non-hydrogen) atoms. The number of amides is 1. The summed E-state index contributed by atoms with van der Waals surface area (Å²) in [7, 11) is 1.56. The predicted octanol–water partition coefficient (Wildman–Crippen LogP) is 3.90. The highest BCUT2D eigenvalue weighted by Crippen LogP contribution is 2.26. The highest BCUT2D eigenvalue weighted by molar-refractivity contribution is 5.88. The third-order valence-corrected chi connectivity index (χ3v) is 4.95. The molecule has 0 aliphatic heterocycles. The average molecular weight is 440 g/mol. The van der Waals surface area contributed by atoms with Crippen molar-refractivity contribution >= 4 is 11.8 Å². The molecule has 1 heterocycles. The summed E-state index contributed by atoms with van der Waals surface area (Å²) in [6.45, 7) is 3.20. The van der Waals surface area contributed by atoms with Crippen LogP contribution in [0.2, 0.25) is 0 Å². The van der Waals surface area contributed by atoms with Crippen molar-refractivity contribution in [3.8, 4) is 5.75 Å². The van der Waals surface area contributed by atoms with E-state index in [0.717, 1.165) is 16.8 Å². The summed E-state index contributed by atoms with van der Waals surface area (Å²) in [4.78, 5) is 18.8. The van der Waals surface area contributed by atoms with Gasteiger partial charge in [0.05, 0.1) is 5.69 Å². The number of imidazole rings is 1. The molecule has 3 aromatic rings. The zero-order chi connectivity index (χ0) is 22.8. The Morgan fingerprint density at radius 1 is 1.19 bits per heavy atom. The molecule has 0 atom stereocenters. The molecular formula is C24H29N3O5. The quantitative estimate of drug-likeness (QED) is 0.456. The number of anilines is 1. The minimum absolute atomic E-state index is 0.127. The van der Waals surface area contributed by atoms with Gasteiger partial charge in [0.25, 0.3) is 0 Å². The molecule has 8 nitrogen and oxygen atoms in total. The lowest BCUT2D eigenvalue weighted by Crippen LogP contribution is -2.33. The minimum Gasteiger partial charge on any atom is -0.468 e. The zero-order valence-corrected chi connectivity index (χ0v) is 18.4. The molecule has 1 amide bonds. The number of nitrogens with zero attached hydrogens (tertiary/aromatic N) is 3. The summed E-state index contributed by atoms with van der Waals surface area (Å²) in [5, 5.41) is 9.40. The number of aryl methyl sites for hydroxylation is 2. The van der Waals surface area contributed by atoms with Gasteiger partial charge in [-0.2, -0.15) is 0 Å². The Labute approximate surface area is 188 Å². The van der Waals surface area contributed by atoms with E-state index in [2.05, 4.69) is 4.98 Å². The van der Waals surface area contributed by atoms with Gasteiger partial charge in [-0.3, -0.25) is 4.90 Å². The highest BCUT2D eigenvalue weighted by Gasteiger charge is 2.20. The van der Waals surface area contributed by atoms with Crippen LogP contribution in [0.5, 0.6) is 5.75 Å². The molecule has 2 aromatic carbocycles. The van der Waals surface area contributed by atoms with E-state index in [1.54, 1.807) is 24.3 Å². The smallest absolute Gasteiger partial charge is 0.414 e. The number of benzene rings is 2. The number of ether oxygens (including phenoxy) is 3. The monoisotopic (exact) mass is 439 g/mol. The van der Waals surface area contributed by atoms with E-state index in [0.29, 0.717) is 31.1 Å². The van der Waals surface area contributed by atoms with Gasteiger partial charge >= 0.3 is 6.09 Å². The van der Waals surface area contributed by atoms with Gasteiger partial charge in [0.2, 0.25) is 0 Å². The van der Waals surface area contributed by atoms with E-state index in [1.807, 2.05) is 60.2 Å². The molecule has 0 radical (unpaired) electrons. The third-order valence-electron chi connectivity index (χ3n) is 4.95. The van der Waals surface area contributed by atoms with Gasteiger partial charge < -0.3 is 23.9 Å². The summed E-state index contributed by atoms with van der Waals surface area (Å²) in [5.41, 5.74) is 2.56. The average Bonchev–Trinajstić information content (AvgIpc) is 3.27. The van der Waals surface area contributed by atoms with Gasteiger partial charge in [-0.25, -0.2) is 9.78 Å². The summed E-state index contributed by atoms with van der Waals surface area (Å²) < 4.78 is 17.9. The van der Waals surface area contributed by atoms with Crippen molar-refractivity contribution in [3.63, 3.8) is 0 Å². The Balaban J connectivity index is 1.73. The molecule has 8 heteroatoms. The molecule has 170 valence electrons. The minimum atomic E-state index is -0.421. The molecule has 0 saturated carbocycles. The molecule has 0 aliphatic carbocycles. The molecule has 0 aliphatic rings. The summed E-state index contributed by atoms with van der Waals surface area (Å²) >= 11 is 0. The number of rotatable bonds is 11. The first kappa shape index (κ1) is 23.3. The summed E-state index contributed by atoms with van der Waals surface area (Å²) in [6.07, 6.45) is 3.71. The number of aliphatic hydroxyl groups excluding tert-OH is 1. The fraction of sp³-hybridized carbons (Fsp3) is 0.333. The largest absolute Gasteiger partial charge is 0.468 e. The van der Waals surface area contributed by atoms with Gasteiger partial charge in [-0.1, -0.05) is 30.3 Å². The maximum atomic E-state index is 13.0. The second-order valence-electron chi connectivity index (χ2n) is 7.24. The van der Waals surface area contributed by atoms with E-state index in [4.69, 9.17) is 14.2 Å². The Morgan fingerprint density at radius 3 is 2.72 bits per heavy atom. The SMILES string of the molecule is COCOc1ccc(N(CCCn2ccnc2CO)C(=O)OCc2ccccc2)c(C)c1. The second-order valence-corrected chi connectivity index (χ2v) is 7.24. The van der Waals surface area contributed by atoms with Crippen LogP contribution in [0.1, 0.15) is 23.4 Å². The molecule has 1 N–H and O–H groups in total. The first-order valence-corrected chi connectivity index (χ1v) is 10.4. The van der Waals surface area contributed by atoms with Crippen molar-refractivity contribution in [1.29, 1.82) is 0 Å². The fourth-order valence-electron chi connectivity index (χ4n) is 3.35. The van der Waals surface area contributed by atoms with E-state index in [1.165, 1.54) is 0 Å². The number of carbonyl (C=O) groups excluding carboxylic acids is 1. The van der Waals surface area contributed by atoms with Crippen molar-refractivity contribution in [2.45, 2.75) is 33.1 Å². The number of hydrogen-bond acceptors (Lipinski definition) is 6. The number of aromatic nitrogens is 2. The van der Waals surface area contributed by atoms with Crippen LogP contribution in [0.4, 0.5) is 10.5 Å². The second kappa shape index (κ2) is 11.9. The first-order valence-electron chi connectivity index (χ1n) is 10.4. The molecule has 0 saturated heterocycles. The molecule has 0 fully saturated rings. The van der Waals surface area contributed by atoms with Crippen molar-refractivity contribution in [2.24, 2.45) is 0 Å². The number of aliphatic hydroxyl groups is 1. The molecule has 0 unspecified atom stereocenters. The summed E-state index contributed by atoms with van der Waals surface area (Å²) in [6, 6.07) is 15.1. The van der Waals surface area contributed by atoms with Crippen molar-refractivity contribution in [3.05, 3.63) is 77.9 Å². The molecule has 0 bridgehead atoms. The topological polar surface area (TPSA) is 86.0 Å². The van der Waals surface area contributed by atoms with Crippen LogP contribution in [0.25, 0.3) is 0 Å². The molecule has 3 rings (SSSR count). The lowest BCUT2D eigenvalue weighted by Gasteiger charge is -2.24. The van der Waals surface area contributed by atoms with Crippen molar-refractivity contribution in [2.75, 3.05) is 25.3 Å². The molecule has 1 aromatic heterocycles. The standard InChI is InChI=1S/C24H29N3O5/c1-19-15-21(32-18-30-2)9-10-22(19)27(13-6-12-26-14-11-25-23(26)16-28)24(29)31-17-20-7-4-3-5-8-20/h3-5,7-11,14-15,28H,6,12-13,16-18H2,1-2H3. The maximum Gasteiger partial charge on any atom is 0.414 e. The fourth-order valence-corrected chi connectivity index (χ4v) is 3.35. The van der Waals surface area contributed by atoms with E-state index in [9.17, 15) is 9.90 Å². The lowest BCUT2D eigenvalue weighted by molar-refractivity contribution is 0.0511. The lowest BCUT2D eigenvalue weighted by atomic mass is 10.1. The normalized spacial score (nSPS) is 10.7. The zero-order valence-electron chi connectivity index (χ0n) is 18.4. The summed E-state index contributed by atoms with van der Waals surface area (Å²) in [5.74, 6) is 1.26. The van der Waals surface area contributed by atoms with Gasteiger partial charge in [-0.15, -0.1) is 0 Å². The predicted molar refractivity (Wildman–Crippen MR) is 120 cm³/mol. The Hall–Kier alpha value is -3.36. The highest BCUT2D eigenvalue weighted by atomic mass is 16.7. The number of hydrogen-bond donors (Lipinski definition) is 1. The molecular weight excluding hydrogens is 410 g/mol. The van der Waals surface area contributed by atoms with E-state index >= 15 is 0 Å². The number of carbonyl (C=O) groups is 1. The van der Waals surface area contributed by atoms with Crippen LogP contribution in [-0.4, -0.2) is 41.2 Å². The van der Waals surface area contributed by atoms with Crippen LogP contribution in [0.15, 0.2) is 60.9 Å². The number of methoxy groups -OCH3 is 1. The van der Waals surface area contributed by atoms with Gasteiger partial charge in [0, 0.05) is 32.6 Å². The van der Waals surface area contributed by atoms with Crippen LogP contribution >= 0.6 is 0 Å². The first-order chi connectivity index (χ1) is 15.6. The van der Waals surface area contributed by atoms with Crippen LogP contribution in [-0.2, 0) is 29.2 Å². The Bertz CT molecular complexity index is 990. The van der Waals surface area contributed by atoms with Crippen LogP contribution in [0.3, 0.4) is 0 Å². The Morgan fingerprint density at radius 2 is 2.00 bits per heavy atom. The van der Waals surface area contributed by atoms with Crippen LogP contribution in [0, 0.1) is 6.92 Å². The Kier molecular flexibility index (Phi) is 8.65. The van der Waals surface area contributed by atoms with Gasteiger partial charge in [0.15, 0.2) is 6.79 Å². The maximum absolute atomic E-state index is 13.0.